The van der Waals surface area contributed by atoms with Gasteiger partial charge in [-0.25, -0.2) is 19.9 Å². The van der Waals surface area contributed by atoms with Crippen LogP contribution < -0.4 is 10.6 Å². The highest BCUT2D eigenvalue weighted by atomic mass is 35.5. The predicted octanol–water partition coefficient (Wildman–Crippen LogP) is 4.41. The Morgan fingerprint density at radius 1 is 1.30 bits per heavy atom. The summed E-state index contributed by atoms with van der Waals surface area (Å²) in [5.74, 6) is 3.24. The molecule has 30 heavy (non-hydrogen) atoms. The van der Waals surface area contributed by atoms with Crippen molar-refractivity contribution in [2.24, 2.45) is 5.92 Å². The average molecular weight is 425 g/mol. The van der Waals surface area contributed by atoms with Crippen molar-refractivity contribution in [3.63, 3.8) is 0 Å². The summed E-state index contributed by atoms with van der Waals surface area (Å²) in [7, 11) is 0. The van der Waals surface area contributed by atoms with Crippen molar-refractivity contribution < 1.29 is 0 Å². The summed E-state index contributed by atoms with van der Waals surface area (Å²) >= 11 is 6.38. The number of hydrogen-bond donors (Lipinski definition) is 3. The quantitative estimate of drug-likeness (QED) is 0.365. The van der Waals surface area contributed by atoms with Crippen LogP contribution in [0.3, 0.4) is 0 Å². The molecule has 1 aliphatic rings. The monoisotopic (exact) mass is 424 g/mol. The second-order valence-corrected chi connectivity index (χ2v) is 8.15. The molecule has 0 atom stereocenters. The summed E-state index contributed by atoms with van der Waals surface area (Å²) < 4.78 is 2.18. The molecule has 8 nitrogen and oxygen atoms in total. The molecule has 3 heterocycles. The zero-order valence-corrected chi connectivity index (χ0v) is 18.0. The molecular formula is C21H25ClN8. The summed E-state index contributed by atoms with van der Waals surface area (Å²) in [4.78, 5) is 17.9. The number of aryl methyl sites for hydroxylation is 1. The van der Waals surface area contributed by atoms with Gasteiger partial charge >= 0.3 is 0 Å². The SMILES string of the molecule is Cc1nc2cnc(Nc3ccnc(/C(C=N)=C(\Cl)NCC4CC4)n3)cc2n1C(C)C. The molecule has 4 rings (SSSR count). The molecule has 1 saturated carbocycles. The minimum absolute atomic E-state index is 0.293. The van der Waals surface area contributed by atoms with Crippen LogP contribution in [0.15, 0.2) is 29.7 Å². The Bertz CT molecular complexity index is 1110. The molecule has 156 valence electrons. The van der Waals surface area contributed by atoms with E-state index < -0.39 is 0 Å². The van der Waals surface area contributed by atoms with Crippen molar-refractivity contribution in [1.29, 1.82) is 5.41 Å². The largest absolute Gasteiger partial charge is 0.375 e. The van der Waals surface area contributed by atoms with Gasteiger partial charge in [-0.2, -0.15) is 0 Å². The molecule has 1 fully saturated rings. The van der Waals surface area contributed by atoms with Gasteiger partial charge in [0.15, 0.2) is 5.82 Å². The molecule has 0 radical (unpaired) electrons. The third-order valence-corrected chi connectivity index (χ3v) is 5.38. The topological polar surface area (TPSA) is 104 Å². The summed E-state index contributed by atoms with van der Waals surface area (Å²) in [6, 6.07) is 4.02. The Labute approximate surface area is 180 Å². The van der Waals surface area contributed by atoms with Crippen molar-refractivity contribution in [3.8, 4) is 0 Å². The molecule has 0 aliphatic heterocycles. The van der Waals surface area contributed by atoms with E-state index in [9.17, 15) is 0 Å². The number of anilines is 2. The van der Waals surface area contributed by atoms with Gasteiger partial charge in [-0.05, 0) is 45.6 Å². The van der Waals surface area contributed by atoms with Crippen LogP contribution in [0.2, 0.25) is 0 Å². The van der Waals surface area contributed by atoms with Gasteiger partial charge in [-0.15, -0.1) is 0 Å². The van der Waals surface area contributed by atoms with Gasteiger partial charge in [0.2, 0.25) is 0 Å². The van der Waals surface area contributed by atoms with Gasteiger partial charge in [-0.1, -0.05) is 11.6 Å². The summed E-state index contributed by atoms with van der Waals surface area (Å²) in [6.45, 7) is 7.06. The van der Waals surface area contributed by atoms with Crippen LogP contribution in [0.5, 0.6) is 0 Å². The highest BCUT2D eigenvalue weighted by molar-refractivity contribution is 6.36. The lowest BCUT2D eigenvalue weighted by Crippen LogP contribution is -2.15. The number of nitrogens with zero attached hydrogens (tertiary/aromatic N) is 5. The number of imidazole rings is 1. The van der Waals surface area contributed by atoms with Crippen LogP contribution >= 0.6 is 11.6 Å². The third-order valence-electron chi connectivity index (χ3n) is 5.04. The molecule has 0 amide bonds. The second-order valence-electron chi connectivity index (χ2n) is 7.77. The number of nitrogens with one attached hydrogen (secondary N) is 3. The lowest BCUT2D eigenvalue weighted by molar-refractivity contribution is 0.600. The van der Waals surface area contributed by atoms with Gasteiger partial charge in [-0.3, -0.25) is 0 Å². The van der Waals surface area contributed by atoms with Crippen LogP contribution in [0.1, 0.15) is 44.4 Å². The van der Waals surface area contributed by atoms with E-state index in [1.165, 1.54) is 19.1 Å². The molecule has 0 aromatic carbocycles. The maximum atomic E-state index is 7.75. The van der Waals surface area contributed by atoms with Crippen molar-refractivity contribution in [3.05, 3.63) is 41.3 Å². The lowest BCUT2D eigenvalue weighted by Gasteiger charge is -2.12. The fourth-order valence-electron chi connectivity index (χ4n) is 3.41. The van der Waals surface area contributed by atoms with E-state index >= 15 is 0 Å². The van der Waals surface area contributed by atoms with Crippen molar-refractivity contribution in [1.82, 2.24) is 29.8 Å². The Kier molecular flexibility index (Phi) is 5.67. The summed E-state index contributed by atoms with van der Waals surface area (Å²) in [6.07, 6.45) is 7.02. The Morgan fingerprint density at radius 2 is 2.10 bits per heavy atom. The predicted molar refractivity (Wildman–Crippen MR) is 120 cm³/mol. The molecule has 0 saturated heterocycles. The number of pyridine rings is 1. The minimum atomic E-state index is 0.293. The fraction of sp³-hybridized carbons (Fsp3) is 0.381. The van der Waals surface area contributed by atoms with Crippen LogP contribution in [0.25, 0.3) is 16.6 Å². The molecular weight excluding hydrogens is 400 g/mol. The Hall–Kier alpha value is -3.00. The molecule has 3 N–H and O–H groups in total. The van der Waals surface area contributed by atoms with Gasteiger partial charge in [0, 0.05) is 31.1 Å². The molecule has 1 aliphatic carbocycles. The van der Waals surface area contributed by atoms with E-state index in [0.29, 0.717) is 40.1 Å². The number of halogens is 1. The summed E-state index contributed by atoms with van der Waals surface area (Å²) in [5.41, 5.74) is 2.33. The van der Waals surface area contributed by atoms with Gasteiger partial charge < -0.3 is 20.6 Å². The normalized spacial score (nSPS) is 14.7. The first kappa shape index (κ1) is 20.3. The van der Waals surface area contributed by atoms with E-state index in [1.807, 2.05) is 13.0 Å². The fourth-order valence-corrected chi connectivity index (χ4v) is 3.62. The molecule has 0 bridgehead atoms. The lowest BCUT2D eigenvalue weighted by atomic mass is 10.3. The smallest absolute Gasteiger partial charge is 0.166 e. The molecule has 3 aromatic heterocycles. The number of hydrogen-bond acceptors (Lipinski definition) is 7. The maximum absolute atomic E-state index is 7.75. The van der Waals surface area contributed by atoms with Crippen LogP contribution in [0.4, 0.5) is 11.6 Å². The van der Waals surface area contributed by atoms with Gasteiger partial charge in [0.1, 0.15) is 28.1 Å². The van der Waals surface area contributed by atoms with Crippen LogP contribution in [-0.4, -0.2) is 37.3 Å². The molecule has 0 unspecified atom stereocenters. The van der Waals surface area contributed by atoms with Crippen LogP contribution in [-0.2, 0) is 0 Å². The van der Waals surface area contributed by atoms with Gasteiger partial charge in [0.05, 0.1) is 17.3 Å². The van der Waals surface area contributed by atoms with E-state index in [1.54, 1.807) is 18.5 Å². The number of allylic oxidation sites excluding steroid dienone is 1. The van der Waals surface area contributed by atoms with E-state index in [4.69, 9.17) is 17.0 Å². The zero-order chi connectivity index (χ0) is 21.3. The van der Waals surface area contributed by atoms with Crippen LogP contribution in [0, 0.1) is 18.3 Å². The zero-order valence-electron chi connectivity index (χ0n) is 17.3. The van der Waals surface area contributed by atoms with E-state index in [0.717, 1.165) is 23.4 Å². The van der Waals surface area contributed by atoms with Crippen molar-refractivity contribution in [2.75, 3.05) is 11.9 Å². The van der Waals surface area contributed by atoms with Crippen molar-refractivity contribution >= 4 is 46.1 Å². The first-order valence-corrected chi connectivity index (χ1v) is 10.4. The van der Waals surface area contributed by atoms with E-state index in [-0.39, 0.29) is 0 Å². The number of rotatable bonds is 8. The first-order chi connectivity index (χ1) is 14.5. The van der Waals surface area contributed by atoms with Crippen molar-refractivity contribution in [2.45, 2.75) is 39.7 Å². The second kappa shape index (κ2) is 8.39. The Balaban J connectivity index is 1.60. The average Bonchev–Trinajstić information content (AvgIpc) is 3.48. The van der Waals surface area contributed by atoms with Gasteiger partial charge in [0.25, 0.3) is 0 Å². The number of aromatic nitrogens is 5. The molecule has 9 heteroatoms. The number of fused-ring (bicyclic) bond motifs is 1. The summed E-state index contributed by atoms with van der Waals surface area (Å²) in [5, 5.41) is 14.5. The Morgan fingerprint density at radius 3 is 2.80 bits per heavy atom. The standard InChI is InChI=1S/C21H25ClN8/c1-12(2)30-13(3)27-16-11-25-19(8-17(16)30)28-18-6-7-24-21(29-18)15(9-23)20(22)26-10-14-4-5-14/h6-9,11-12,14,23,26H,4-5,10H2,1-3H3,(H,24,25,28,29)/b20-15+,23-9?. The highest BCUT2D eigenvalue weighted by Crippen LogP contribution is 2.29. The maximum Gasteiger partial charge on any atom is 0.166 e. The highest BCUT2D eigenvalue weighted by Gasteiger charge is 2.21. The van der Waals surface area contributed by atoms with E-state index in [2.05, 4.69) is 49.0 Å². The molecule has 3 aromatic rings. The third kappa shape index (κ3) is 4.28. The first-order valence-electron chi connectivity index (χ1n) is 10.1. The molecule has 0 spiro atoms. The minimum Gasteiger partial charge on any atom is -0.375 e.